The molecule has 39 heavy (non-hydrogen) atoms. The smallest absolute Gasteiger partial charge is 0.218 e. The summed E-state index contributed by atoms with van der Waals surface area (Å²) in [5, 5.41) is 7.53. The number of halogens is 1. The molecule has 198 valence electrons. The van der Waals surface area contributed by atoms with Gasteiger partial charge in [-0.2, -0.15) is 0 Å². The van der Waals surface area contributed by atoms with Crippen molar-refractivity contribution in [2.24, 2.45) is 0 Å². The van der Waals surface area contributed by atoms with Crippen LogP contribution in [0.2, 0.25) is 5.02 Å². The Balaban J connectivity index is 1.52. The number of methoxy groups -OCH3 is 1. The Labute approximate surface area is 233 Å². The van der Waals surface area contributed by atoms with Crippen LogP contribution in [0.15, 0.2) is 66.9 Å². The fourth-order valence-corrected chi connectivity index (χ4v) is 4.87. The zero-order chi connectivity index (χ0) is 27.5. The van der Waals surface area contributed by atoms with E-state index in [9.17, 15) is 0 Å². The molecule has 5 rings (SSSR count). The van der Waals surface area contributed by atoms with Crippen molar-refractivity contribution in [3.8, 4) is 28.3 Å². The van der Waals surface area contributed by atoms with Crippen LogP contribution in [-0.4, -0.2) is 33.1 Å². The van der Waals surface area contributed by atoms with Crippen molar-refractivity contribution >= 4 is 34.1 Å². The molecule has 0 unspecified atom stereocenters. The lowest BCUT2D eigenvalue weighted by molar-refractivity contribution is 0.390. The number of anilines is 2. The molecule has 0 radical (unpaired) electrons. The average Bonchev–Trinajstić information content (AvgIpc) is 2.93. The third-order valence-corrected chi connectivity index (χ3v) is 6.96. The largest absolute Gasteiger partial charge is 0.481 e. The summed E-state index contributed by atoms with van der Waals surface area (Å²) in [6.45, 7) is 8.85. The van der Waals surface area contributed by atoms with Crippen LogP contribution in [0.3, 0.4) is 0 Å². The second-order valence-electron chi connectivity index (χ2n) is 9.66. The first-order valence-electron chi connectivity index (χ1n) is 12.9. The van der Waals surface area contributed by atoms with Crippen LogP contribution in [0.4, 0.5) is 11.5 Å². The average molecular weight is 539 g/mol. The first-order chi connectivity index (χ1) is 18.9. The van der Waals surface area contributed by atoms with Crippen LogP contribution < -0.4 is 15.4 Å². The summed E-state index contributed by atoms with van der Waals surface area (Å²) in [6, 6.07) is 20.3. The summed E-state index contributed by atoms with van der Waals surface area (Å²) in [4.78, 5) is 18.4. The Morgan fingerprint density at radius 3 is 2.44 bits per heavy atom. The molecule has 0 aliphatic rings. The van der Waals surface area contributed by atoms with E-state index in [1.54, 1.807) is 13.3 Å². The van der Waals surface area contributed by atoms with Gasteiger partial charge < -0.3 is 15.4 Å². The zero-order valence-corrected chi connectivity index (χ0v) is 23.5. The molecular weight excluding hydrogens is 508 g/mol. The highest BCUT2D eigenvalue weighted by Crippen LogP contribution is 2.39. The summed E-state index contributed by atoms with van der Waals surface area (Å²) in [5.41, 5.74) is 8.01. The Morgan fingerprint density at radius 1 is 0.872 bits per heavy atom. The van der Waals surface area contributed by atoms with E-state index in [2.05, 4.69) is 52.4 Å². The molecule has 0 saturated carbocycles. The topological polar surface area (TPSA) is 84.8 Å². The van der Waals surface area contributed by atoms with Gasteiger partial charge in [-0.3, -0.25) is 4.98 Å². The number of aromatic nitrogens is 4. The number of fused-ring (bicyclic) bond motifs is 1. The maximum Gasteiger partial charge on any atom is 0.218 e. The van der Waals surface area contributed by atoms with Gasteiger partial charge in [-0.15, -0.1) is 0 Å². The van der Waals surface area contributed by atoms with Gasteiger partial charge in [0.1, 0.15) is 11.3 Å². The van der Waals surface area contributed by atoms with E-state index in [4.69, 9.17) is 21.3 Å². The van der Waals surface area contributed by atoms with E-state index in [-0.39, 0.29) is 0 Å². The lowest BCUT2D eigenvalue weighted by atomic mass is 9.96. The zero-order valence-electron chi connectivity index (χ0n) is 22.7. The van der Waals surface area contributed by atoms with Gasteiger partial charge in [0.15, 0.2) is 5.82 Å². The van der Waals surface area contributed by atoms with E-state index < -0.39 is 0 Å². The van der Waals surface area contributed by atoms with Crippen molar-refractivity contribution < 1.29 is 4.74 Å². The standard InChI is InChI=1S/C31H31ClN6O/c1-18(2)34-17-21-14-15-26(38-31(21)39-5)24-11-6-10-23(28(24)32)22-9-7-12-25(19(22)3)37-30-29-27(13-8-16-33-29)35-20(4)36-30/h6-16,18,34H,17H2,1-5H3,(H,35,36,37). The molecule has 0 aliphatic heterocycles. The molecule has 8 heteroatoms. The third-order valence-electron chi connectivity index (χ3n) is 6.55. The Morgan fingerprint density at radius 2 is 1.64 bits per heavy atom. The maximum absolute atomic E-state index is 7.06. The number of pyridine rings is 2. The maximum atomic E-state index is 7.06. The highest BCUT2D eigenvalue weighted by molar-refractivity contribution is 6.36. The van der Waals surface area contributed by atoms with Crippen molar-refractivity contribution in [1.82, 2.24) is 25.3 Å². The molecule has 2 aromatic carbocycles. The molecule has 0 fully saturated rings. The molecule has 0 spiro atoms. The van der Waals surface area contributed by atoms with Gasteiger partial charge in [-0.25, -0.2) is 15.0 Å². The summed E-state index contributed by atoms with van der Waals surface area (Å²) in [5.74, 6) is 1.93. The predicted octanol–water partition coefficient (Wildman–Crippen LogP) is 7.27. The third kappa shape index (κ3) is 5.55. The highest BCUT2D eigenvalue weighted by atomic mass is 35.5. The van der Waals surface area contributed by atoms with E-state index >= 15 is 0 Å². The molecule has 0 atom stereocenters. The monoisotopic (exact) mass is 538 g/mol. The van der Waals surface area contributed by atoms with E-state index in [1.807, 2.05) is 61.5 Å². The molecule has 0 bridgehead atoms. The van der Waals surface area contributed by atoms with Crippen LogP contribution >= 0.6 is 11.6 Å². The van der Waals surface area contributed by atoms with Crippen LogP contribution in [0.5, 0.6) is 5.88 Å². The number of ether oxygens (including phenoxy) is 1. The van der Waals surface area contributed by atoms with E-state index in [1.165, 1.54) is 0 Å². The summed E-state index contributed by atoms with van der Waals surface area (Å²) >= 11 is 7.06. The summed E-state index contributed by atoms with van der Waals surface area (Å²) in [6.07, 6.45) is 1.75. The number of hydrogen-bond acceptors (Lipinski definition) is 7. The SMILES string of the molecule is COc1nc(-c2cccc(-c3cccc(Nc4nc(C)nc5cccnc45)c3C)c2Cl)ccc1CNC(C)C. The van der Waals surface area contributed by atoms with Crippen molar-refractivity contribution in [3.63, 3.8) is 0 Å². The highest BCUT2D eigenvalue weighted by Gasteiger charge is 2.17. The minimum absolute atomic E-state index is 0.363. The van der Waals surface area contributed by atoms with Crippen molar-refractivity contribution in [2.45, 2.75) is 40.3 Å². The van der Waals surface area contributed by atoms with Crippen LogP contribution in [0.25, 0.3) is 33.4 Å². The number of hydrogen-bond donors (Lipinski definition) is 2. The second-order valence-corrected chi connectivity index (χ2v) is 10.0. The number of nitrogens with zero attached hydrogens (tertiary/aromatic N) is 4. The summed E-state index contributed by atoms with van der Waals surface area (Å²) < 4.78 is 5.61. The van der Waals surface area contributed by atoms with Gasteiger partial charge in [0.2, 0.25) is 5.88 Å². The predicted molar refractivity (Wildman–Crippen MR) is 159 cm³/mol. The molecule has 0 saturated heterocycles. The normalized spacial score (nSPS) is 11.3. The lowest BCUT2D eigenvalue weighted by Crippen LogP contribution is -2.22. The molecule has 0 aliphatic carbocycles. The minimum atomic E-state index is 0.363. The molecule has 2 N–H and O–H groups in total. The fraction of sp³-hybridized carbons (Fsp3) is 0.226. The van der Waals surface area contributed by atoms with Gasteiger partial charge in [-0.1, -0.05) is 61.8 Å². The van der Waals surface area contributed by atoms with Crippen molar-refractivity contribution in [1.29, 1.82) is 0 Å². The van der Waals surface area contributed by atoms with Crippen LogP contribution in [-0.2, 0) is 6.54 Å². The van der Waals surface area contributed by atoms with Gasteiger partial charge >= 0.3 is 0 Å². The first kappa shape index (κ1) is 26.5. The number of rotatable bonds is 8. The fourth-order valence-electron chi connectivity index (χ4n) is 4.54. The van der Waals surface area contributed by atoms with Gasteiger partial charge in [0.05, 0.1) is 23.3 Å². The molecule has 5 aromatic rings. The van der Waals surface area contributed by atoms with Gasteiger partial charge in [0.25, 0.3) is 0 Å². The Kier molecular flexibility index (Phi) is 7.72. The number of nitrogens with one attached hydrogen (secondary N) is 2. The first-order valence-corrected chi connectivity index (χ1v) is 13.3. The molecule has 3 aromatic heterocycles. The van der Waals surface area contributed by atoms with E-state index in [0.717, 1.165) is 50.2 Å². The minimum Gasteiger partial charge on any atom is -0.481 e. The van der Waals surface area contributed by atoms with Gasteiger partial charge in [0, 0.05) is 41.2 Å². The molecule has 7 nitrogen and oxygen atoms in total. The molecule has 3 heterocycles. The number of aryl methyl sites for hydroxylation is 1. The lowest BCUT2D eigenvalue weighted by Gasteiger charge is -2.17. The summed E-state index contributed by atoms with van der Waals surface area (Å²) in [7, 11) is 1.64. The van der Waals surface area contributed by atoms with Crippen molar-refractivity contribution in [2.75, 3.05) is 12.4 Å². The number of benzene rings is 2. The molecule has 0 amide bonds. The van der Waals surface area contributed by atoms with Crippen LogP contribution in [0, 0.1) is 13.8 Å². The Bertz CT molecular complexity index is 1650. The Hall–Kier alpha value is -4.07. The quantitative estimate of drug-likeness (QED) is 0.215. The van der Waals surface area contributed by atoms with Gasteiger partial charge in [-0.05, 0) is 49.2 Å². The van der Waals surface area contributed by atoms with Crippen LogP contribution in [0.1, 0.15) is 30.8 Å². The second kappa shape index (κ2) is 11.4. The molecular formula is C31H31ClN6O. The van der Waals surface area contributed by atoms with E-state index in [0.29, 0.717) is 35.1 Å². The van der Waals surface area contributed by atoms with Crippen molar-refractivity contribution in [3.05, 3.63) is 88.8 Å².